The van der Waals surface area contributed by atoms with E-state index in [1.54, 1.807) is 0 Å². The van der Waals surface area contributed by atoms with Gasteiger partial charge in [-0.3, -0.25) is 9.69 Å². The fourth-order valence-corrected chi connectivity index (χ4v) is 1.92. The van der Waals surface area contributed by atoms with Gasteiger partial charge in [0.1, 0.15) is 0 Å². The highest BCUT2D eigenvalue weighted by atomic mass is 16.2. The molecule has 1 aliphatic rings. The second-order valence-electron chi connectivity index (χ2n) is 4.92. The van der Waals surface area contributed by atoms with E-state index in [0.29, 0.717) is 12.6 Å². The topological polar surface area (TPSA) is 23.6 Å². The molecule has 3 nitrogen and oxygen atoms in total. The highest BCUT2D eigenvalue weighted by molar-refractivity contribution is 5.79. The first-order valence-electron chi connectivity index (χ1n) is 4.83. The van der Waals surface area contributed by atoms with Crippen LogP contribution in [0.2, 0.25) is 0 Å². The average molecular weight is 184 g/mol. The van der Waals surface area contributed by atoms with Crippen molar-refractivity contribution < 1.29 is 4.79 Å². The summed E-state index contributed by atoms with van der Waals surface area (Å²) in [7, 11) is 1.87. The van der Waals surface area contributed by atoms with Crippen molar-refractivity contribution in [2.45, 2.75) is 39.3 Å². The molecule has 1 atom stereocenters. The van der Waals surface area contributed by atoms with E-state index in [1.807, 2.05) is 11.9 Å². The highest BCUT2D eigenvalue weighted by Crippen LogP contribution is 2.20. The van der Waals surface area contributed by atoms with E-state index in [0.717, 1.165) is 6.54 Å². The van der Waals surface area contributed by atoms with Gasteiger partial charge in [0, 0.05) is 25.2 Å². The first-order valence-corrected chi connectivity index (χ1v) is 4.83. The minimum absolute atomic E-state index is 0.0936. The third-order valence-electron chi connectivity index (χ3n) is 2.66. The maximum atomic E-state index is 11.5. The van der Waals surface area contributed by atoms with Crippen LogP contribution in [0.15, 0.2) is 0 Å². The van der Waals surface area contributed by atoms with Gasteiger partial charge in [0.15, 0.2) is 0 Å². The molecule has 0 aromatic heterocycles. The standard InChI is InChI=1S/C10H20N2O/c1-8-6-11(5)9(13)7-12(8)10(2,3)4/h8H,6-7H2,1-5H3/t8-/m1/s1. The lowest BCUT2D eigenvalue weighted by Gasteiger charge is -2.45. The number of piperazine rings is 1. The Morgan fingerprint density at radius 2 is 1.92 bits per heavy atom. The predicted molar refractivity (Wildman–Crippen MR) is 53.6 cm³/mol. The molecule has 0 aliphatic carbocycles. The maximum absolute atomic E-state index is 11.5. The van der Waals surface area contributed by atoms with E-state index >= 15 is 0 Å². The van der Waals surface area contributed by atoms with Crippen LogP contribution >= 0.6 is 0 Å². The van der Waals surface area contributed by atoms with Gasteiger partial charge < -0.3 is 4.90 Å². The fourth-order valence-electron chi connectivity index (χ4n) is 1.92. The van der Waals surface area contributed by atoms with E-state index in [2.05, 4.69) is 32.6 Å². The molecule has 3 heteroatoms. The predicted octanol–water partition coefficient (Wildman–Crippen LogP) is 0.947. The summed E-state index contributed by atoms with van der Waals surface area (Å²) >= 11 is 0. The second-order valence-corrected chi connectivity index (χ2v) is 4.92. The number of carbonyl (C=O) groups is 1. The number of hydrogen-bond donors (Lipinski definition) is 0. The highest BCUT2D eigenvalue weighted by Gasteiger charge is 2.33. The number of likely N-dealkylation sites (N-methyl/N-ethyl adjacent to an activating group) is 1. The monoisotopic (exact) mass is 184 g/mol. The van der Waals surface area contributed by atoms with Crippen molar-refractivity contribution in [2.75, 3.05) is 20.1 Å². The van der Waals surface area contributed by atoms with Crippen LogP contribution in [0.3, 0.4) is 0 Å². The molecule has 0 aromatic rings. The summed E-state index contributed by atoms with van der Waals surface area (Å²) in [4.78, 5) is 15.6. The third-order valence-corrected chi connectivity index (χ3v) is 2.66. The molecule has 0 radical (unpaired) electrons. The van der Waals surface area contributed by atoms with Gasteiger partial charge in [0.05, 0.1) is 6.54 Å². The average Bonchev–Trinajstić information content (AvgIpc) is 1.94. The maximum Gasteiger partial charge on any atom is 0.236 e. The van der Waals surface area contributed by atoms with Crippen molar-refractivity contribution in [3.63, 3.8) is 0 Å². The Labute approximate surface area is 80.7 Å². The van der Waals surface area contributed by atoms with E-state index in [4.69, 9.17) is 0 Å². The zero-order chi connectivity index (χ0) is 10.2. The normalized spacial score (nSPS) is 26.7. The van der Waals surface area contributed by atoms with Crippen molar-refractivity contribution in [1.82, 2.24) is 9.80 Å². The molecular formula is C10H20N2O. The largest absolute Gasteiger partial charge is 0.343 e. The molecule has 0 N–H and O–H groups in total. The van der Waals surface area contributed by atoms with Crippen molar-refractivity contribution in [2.24, 2.45) is 0 Å². The van der Waals surface area contributed by atoms with E-state index < -0.39 is 0 Å². The molecule has 13 heavy (non-hydrogen) atoms. The molecule has 1 fully saturated rings. The minimum atomic E-state index is 0.0936. The Bertz CT molecular complexity index is 207. The van der Waals surface area contributed by atoms with Crippen LogP contribution in [0.4, 0.5) is 0 Å². The number of nitrogens with zero attached hydrogens (tertiary/aromatic N) is 2. The SMILES string of the molecule is C[C@@H]1CN(C)C(=O)CN1C(C)(C)C. The summed E-state index contributed by atoms with van der Waals surface area (Å²) in [6, 6.07) is 0.461. The van der Waals surface area contributed by atoms with Crippen molar-refractivity contribution in [3.8, 4) is 0 Å². The zero-order valence-corrected chi connectivity index (χ0v) is 9.29. The van der Waals surface area contributed by atoms with Crippen LogP contribution < -0.4 is 0 Å². The number of hydrogen-bond acceptors (Lipinski definition) is 2. The molecule has 1 saturated heterocycles. The third kappa shape index (κ3) is 2.21. The molecule has 76 valence electrons. The summed E-state index contributed by atoms with van der Waals surface area (Å²) in [6.45, 7) is 10.0. The van der Waals surface area contributed by atoms with Crippen molar-refractivity contribution >= 4 is 5.91 Å². The van der Waals surface area contributed by atoms with Gasteiger partial charge in [-0.05, 0) is 27.7 Å². The number of carbonyl (C=O) groups excluding carboxylic acids is 1. The van der Waals surface area contributed by atoms with Gasteiger partial charge in [-0.25, -0.2) is 0 Å². The van der Waals surface area contributed by atoms with E-state index in [-0.39, 0.29) is 11.4 Å². The molecule has 0 saturated carbocycles. The first-order chi connectivity index (χ1) is 5.82. The lowest BCUT2D eigenvalue weighted by molar-refractivity contribution is -0.139. The van der Waals surface area contributed by atoms with Crippen LogP contribution in [-0.4, -0.2) is 47.4 Å². The summed E-state index contributed by atoms with van der Waals surface area (Å²) in [6.07, 6.45) is 0. The minimum Gasteiger partial charge on any atom is -0.343 e. The van der Waals surface area contributed by atoms with Crippen LogP contribution in [0.1, 0.15) is 27.7 Å². The molecule has 1 heterocycles. The Morgan fingerprint density at radius 1 is 1.38 bits per heavy atom. The first kappa shape index (κ1) is 10.5. The molecule has 1 rings (SSSR count). The van der Waals surface area contributed by atoms with Gasteiger partial charge in [0.2, 0.25) is 5.91 Å². The van der Waals surface area contributed by atoms with Crippen LogP contribution in [-0.2, 0) is 4.79 Å². The lowest BCUT2D eigenvalue weighted by Crippen LogP contribution is -2.59. The van der Waals surface area contributed by atoms with Gasteiger partial charge in [-0.15, -0.1) is 0 Å². The molecular weight excluding hydrogens is 164 g/mol. The molecule has 1 aliphatic heterocycles. The fraction of sp³-hybridized carbons (Fsp3) is 0.900. The quantitative estimate of drug-likeness (QED) is 0.559. The molecule has 0 unspecified atom stereocenters. The number of rotatable bonds is 0. The van der Waals surface area contributed by atoms with Gasteiger partial charge in [-0.2, -0.15) is 0 Å². The van der Waals surface area contributed by atoms with Crippen molar-refractivity contribution in [1.29, 1.82) is 0 Å². The molecule has 0 bridgehead atoms. The van der Waals surface area contributed by atoms with Gasteiger partial charge in [-0.1, -0.05) is 0 Å². The summed E-state index contributed by atoms with van der Waals surface area (Å²) < 4.78 is 0. The van der Waals surface area contributed by atoms with Crippen molar-refractivity contribution in [3.05, 3.63) is 0 Å². The van der Waals surface area contributed by atoms with E-state index in [1.165, 1.54) is 0 Å². The van der Waals surface area contributed by atoms with Gasteiger partial charge in [0.25, 0.3) is 0 Å². The molecule has 0 aromatic carbocycles. The van der Waals surface area contributed by atoms with Crippen LogP contribution in [0.5, 0.6) is 0 Å². The Morgan fingerprint density at radius 3 is 2.38 bits per heavy atom. The number of amides is 1. The smallest absolute Gasteiger partial charge is 0.236 e. The molecule has 0 spiro atoms. The lowest BCUT2D eigenvalue weighted by atomic mass is 10.0. The summed E-state index contributed by atoms with van der Waals surface area (Å²) in [5.41, 5.74) is 0.0936. The Balaban J connectivity index is 2.73. The Hall–Kier alpha value is -0.570. The zero-order valence-electron chi connectivity index (χ0n) is 9.29. The van der Waals surface area contributed by atoms with Crippen LogP contribution in [0.25, 0.3) is 0 Å². The van der Waals surface area contributed by atoms with E-state index in [9.17, 15) is 4.79 Å². The summed E-state index contributed by atoms with van der Waals surface area (Å²) in [5.74, 6) is 0.230. The molecule has 1 amide bonds. The second kappa shape index (κ2) is 3.29. The summed E-state index contributed by atoms with van der Waals surface area (Å²) in [5, 5.41) is 0. The van der Waals surface area contributed by atoms with Crippen LogP contribution in [0, 0.1) is 0 Å². The van der Waals surface area contributed by atoms with Gasteiger partial charge >= 0.3 is 0 Å². The Kier molecular flexibility index (Phi) is 2.66.